The fraction of sp³-hybridized carbons (Fsp3) is 0.100. The number of amides is 1. The van der Waals surface area contributed by atoms with Crippen LogP contribution in [0.5, 0.6) is 5.75 Å². The molecule has 0 fully saturated rings. The summed E-state index contributed by atoms with van der Waals surface area (Å²) in [4.78, 5) is 12.0. The normalized spacial score (nSPS) is 11.5. The fourth-order valence-electron chi connectivity index (χ4n) is 2.45. The predicted octanol–water partition coefficient (Wildman–Crippen LogP) is 3.74. The second-order valence-electron chi connectivity index (χ2n) is 5.48. The first-order valence-corrected chi connectivity index (χ1v) is 7.72. The molecule has 0 aliphatic carbocycles. The van der Waals surface area contributed by atoms with E-state index in [1.807, 2.05) is 42.5 Å². The maximum atomic E-state index is 12.9. The van der Waals surface area contributed by atoms with E-state index in [9.17, 15) is 14.4 Å². The lowest BCUT2D eigenvalue weighted by Gasteiger charge is -2.13. The van der Waals surface area contributed by atoms with E-state index in [0.717, 1.165) is 10.8 Å². The third kappa shape index (κ3) is 4.12. The molecule has 3 aromatic carbocycles. The van der Waals surface area contributed by atoms with Gasteiger partial charge in [-0.3, -0.25) is 4.79 Å². The van der Waals surface area contributed by atoms with Crippen molar-refractivity contribution in [3.05, 3.63) is 78.1 Å². The van der Waals surface area contributed by atoms with Gasteiger partial charge in [0.25, 0.3) is 5.91 Å². The van der Waals surface area contributed by atoms with Gasteiger partial charge in [-0.05, 0) is 40.6 Å². The molecule has 5 heteroatoms. The summed E-state index contributed by atoms with van der Waals surface area (Å²) in [6.45, 7) is -0.211. The SMILES string of the molecule is N#C[C@H](NC(=O)COc1ccc2ccccc2c1)c1ccc(F)cc1. The summed E-state index contributed by atoms with van der Waals surface area (Å²) >= 11 is 0. The Kier molecular flexibility index (Phi) is 4.91. The number of carbonyl (C=O) groups excluding carboxylic acids is 1. The van der Waals surface area contributed by atoms with Crippen LogP contribution >= 0.6 is 0 Å². The largest absolute Gasteiger partial charge is 0.484 e. The van der Waals surface area contributed by atoms with Crippen LogP contribution in [0.1, 0.15) is 11.6 Å². The summed E-state index contributed by atoms with van der Waals surface area (Å²) in [7, 11) is 0. The van der Waals surface area contributed by atoms with Gasteiger partial charge in [0.15, 0.2) is 6.61 Å². The molecule has 4 nitrogen and oxygen atoms in total. The number of halogens is 1. The van der Waals surface area contributed by atoms with E-state index in [1.165, 1.54) is 24.3 Å². The zero-order valence-electron chi connectivity index (χ0n) is 13.3. The van der Waals surface area contributed by atoms with E-state index >= 15 is 0 Å². The first kappa shape index (κ1) is 16.5. The number of carbonyl (C=O) groups is 1. The number of ether oxygens (including phenoxy) is 1. The summed E-state index contributed by atoms with van der Waals surface area (Å²) in [5.74, 6) is -0.250. The summed E-state index contributed by atoms with van der Waals surface area (Å²) in [5, 5.41) is 13.9. The molecule has 0 aliphatic heterocycles. The molecule has 0 unspecified atom stereocenters. The number of hydrogen-bond donors (Lipinski definition) is 1. The van der Waals surface area contributed by atoms with Crippen molar-refractivity contribution in [3.8, 4) is 11.8 Å². The Balaban J connectivity index is 1.61. The summed E-state index contributed by atoms with van der Waals surface area (Å²) in [6.07, 6.45) is 0. The molecule has 0 saturated heterocycles. The molecule has 0 heterocycles. The summed E-state index contributed by atoms with van der Waals surface area (Å²) in [5.41, 5.74) is 0.517. The highest BCUT2D eigenvalue weighted by molar-refractivity contribution is 5.84. The molecule has 0 spiro atoms. The zero-order valence-corrected chi connectivity index (χ0v) is 13.3. The van der Waals surface area contributed by atoms with Gasteiger partial charge < -0.3 is 10.1 Å². The highest BCUT2D eigenvalue weighted by atomic mass is 19.1. The Morgan fingerprint density at radius 1 is 1.08 bits per heavy atom. The van der Waals surface area contributed by atoms with Gasteiger partial charge in [0.1, 0.15) is 17.6 Å². The summed E-state index contributed by atoms with van der Waals surface area (Å²) in [6, 6.07) is 19.9. The van der Waals surface area contributed by atoms with E-state index in [-0.39, 0.29) is 6.61 Å². The number of fused-ring (bicyclic) bond motifs is 1. The van der Waals surface area contributed by atoms with E-state index in [1.54, 1.807) is 6.07 Å². The van der Waals surface area contributed by atoms with Crippen molar-refractivity contribution < 1.29 is 13.9 Å². The second kappa shape index (κ2) is 7.45. The van der Waals surface area contributed by atoms with Gasteiger partial charge in [-0.2, -0.15) is 5.26 Å². The third-order valence-corrected chi connectivity index (χ3v) is 3.73. The molecule has 0 aromatic heterocycles. The van der Waals surface area contributed by atoms with Crippen molar-refractivity contribution >= 4 is 16.7 Å². The molecule has 1 amide bonds. The number of benzene rings is 3. The molecular formula is C20H15FN2O2. The first-order valence-electron chi connectivity index (χ1n) is 7.72. The molecule has 0 aliphatic rings. The van der Waals surface area contributed by atoms with E-state index < -0.39 is 17.8 Å². The quantitative estimate of drug-likeness (QED) is 0.773. The van der Waals surface area contributed by atoms with Crippen LogP contribution in [0.25, 0.3) is 10.8 Å². The number of nitriles is 1. The highest BCUT2D eigenvalue weighted by Crippen LogP contribution is 2.20. The van der Waals surface area contributed by atoms with Crippen LogP contribution in [0.3, 0.4) is 0 Å². The topological polar surface area (TPSA) is 62.1 Å². The molecule has 3 aromatic rings. The van der Waals surface area contributed by atoms with Crippen LogP contribution in [0.2, 0.25) is 0 Å². The molecule has 1 atom stereocenters. The number of hydrogen-bond acceptors (Lipinski definition) is 3. The summed E-state index contributed by atoms with van der Waals surface area (Å²) < 4.78 is 18.4. The molecule has 1 N–H and O–H groups in total. The molecule has 0 bridgehead atoms. The Bertz CT molecular complexity index is 932. The zero-order chi connectivity index (χ0) is 17.6. The van der Waals surface area contributed by atoms with Gasteiger partial charge in [0.2, 0.25) is 0 Å². The Morgan fingerprint density at radius 3 is 2.52 bits per heavy atom. The predicted molar refractivity (Wildman–Crippen MR) is 92.3 cm³/mol. The van der Waals surface area contributed by atoms with Crippen LogP contribution in [0.4, 0.5) is 4.39 Å². The Labute approximate surface area is 144 Å². The van der Waals surface area contributed by atoms with E-state index in [2.05, 4.69) is 5.32 Å². The van der Waals surface area contributed by atoms with Crippen LogP contribution in [-0.2, 0) is 4.79 Å². The van der Waals surface area contributed by atoms with Crippen molar-refractivity contribution in [2.24, 2.45) is 0 Å². The van der Waals surface area contributed by atoms with Crippen LogP contribution < -0.4 is 10.1 Å². The minimum atomic E-state index is -0.853. The second-order valence-corrected chi connectivity index (χ2v) is 5.48. The smallest absolute Gasteiger partial charge is 0.259 e. The van der Waals surface area contributed by atoms with Crippen molar-refractivity contribution in [2.45, 2.75) is 6.04 Å². The average Bonchev–Trinajstić information content (AvgIpc) is 2.65. The molecular weight excluding hydrogens is 319 g/mol. The number of nitrogens with one attached hydrogen (secondary N) is 1. The van der Waals surface area contributed by atoms with Gasteiger partial charge >= 0.3 is 0 Å². The third-order valence-electron chi connectivity index (χ3n) is 3.73. The number of nitrogens with zero attached hydrogens (tertiary/aromatic N) is 1. The van der Waals surface area contributed by atoms with E-state index in [0.29, 0.717) is 11.3 Å². The van der Waals surface area contributed by atoms with Crippen LogP contribution in [0.15, 0.2) is 66.7 Å². The molecule has 0 radical (unpaired) electrons. The first-order chi connectivity index (χ1) is 12.2. The van der Waals surface area contributed by atoms with Crippen molar-refractivity contribution in [1.82, 2.24) is 5.32 Å². The van der Waals surface area contributed by atoms with Gasteiger partial charge in [0.05, 0.1) is 6.07 Å². The van der Waals surface area contributed by atoms with Crippen LogP contribution in [-0.4, -0.2) is 12.5 Å². The molecule has 25 heavy (non-hydrogen) atoms. The van der Waals surface area contributed by atoms with Crippen molar-refractivity contribution in [2.75, 3.05) is 6.61 Å². The lowest BCUT2D eigenvalue weighted by molar-refractivity contribution is -0.123. The Hall–Kier alpha value is -3.39. The maximum absolute atomic E-state index is 12.9. The van der Waals surface area contributed by atoms with Crippen molar-refractivity contribution in [1.29, 1.82) is 5.26 Å². The monoisotopic (exact) mass is 334 g/mol. The van der Waals surface area contributed by atoms with Gasteiger partial charge in [0, 0.05) is 0 Å². The minimum Gasteiger partial charge on any atom is -0.484 e. The Morgan fingerprint density at radius 2 is 1.80 bits per heavy atom. The highest BCUT2D eigenvalue weighted by Gasteiger charge is 2.14. The maximum Gasteiger partial charge on any atom is 0.259 e. The minimum absolute atomic E-state index is 0.211. The van der Waals surface area contributed by atoms with Crippen LogP contribution in [0, 0.1) is 17.1 Å². The average molecular weight is 334 g/mol. The molecule has 3 rings (SSSR count). The lowest BCUT2D eigenvalue weighted by atomic mass is 10.1. The van der Waals surface area contributed by atoms with Gasteiger partial charge in [-0.15, -0.1) is 0 Å². The molecule has 0 saturated carbocycles. The molecule has 124 valence electrons. The fourth-order valence-corrected chi connectivity index (χ4v) is 2.45. The van der Waals surface area contributed by atoms with Gasteiger partial charge in [-0.1, -0.05) is 42.5 Å². The van der Waals surface area contributed by atoms with E-state index in [4.69, 9.17) is 4.74 Å². The van der Waals surface area contributed by atoms with Crippen molar-refractivity contribution in [3.63, 3.8) is 0 Å². The standard InChI is InChI=1S/C20H15FN2O2/c21-17-8-5-15(6-9-17)19(12-22)23-20(24)13-25-18-10-7-14-3-1-2-4-16(14)11-18/h1-11,19H,13H2,(H,23,24)/t19-/m0/s1. The van der Waals surface area contributed by atoms with Gasteiger partial charge in [-0.25, -0.2) is 4.39 Å². The lowest BCUT2D eigenvalue weighted by Crippen LogP contribution is -2.32. The number of rotatable bonds is 5.